The Bertz CT molecular complexity index is 441. The van der Waals surface area contributed by atoms with Crippen LogP contribution in [0.3, 0.4) is 0 Å². The molecule has 2 rings (SSSR count). The molecular weight excluding hydrogens is 264 g/mol. The number of hydrogen-bond donors (Lipinski definition) is 2. The Labute approximate surface area is 127 Å². The second kappa shape index (κ2) is 8.03. The summed E-state index contributed by atoms with van der Waals surface area (Å²) in [4.78, 5) is 12.0. The van der Waals surface area contributed by atoms with E-state index in [1.54, 1.807) is 12.1 Å². The van der Waals surface area contributed by atoms with Gasteiger partial charge in [-0.1, -0.05) is 19.8 Å². The van der Waals surface area contributed by atoms with Crippen molar-refractivity contribution in [2.75, 3.05) is 13.2 Å². The Morgan fingerprint density at radius 2 is 2.05 bits per heavy atom. The van der Waals surface area contributed by atoms with E-state index < -0.39 is 0 Å². The van der Waals surface area contributed by atoms with Gasteiger partial charge in [0.15, 0.2) is 0 Å². The number of carbonyl (C=O) groups is 1. The molecule has 0 bridgehead atoms. The van der Waals surface area contributed by atoms with Gasteiger partial charge in [0, 0.05) is 18.2 Å². The monoisotopic (exact) mass is 290 g/mol. The van der Waals surface area contributed by atoms with E-state index in [1.165, 1.54) is 25.7 Å². The summed E-state index contributed by atoms with van der Waals surface area (Å²) in [6, 6.07) is 7.39. The molecule has 1 aliphatic rings. The number of carbonyl (C=O) groups excluding carboxylic acids is 1. The Balaban J connectivity index is 1.73. The molecule has 1 amide bonds. The third kappa shape index (κ3) is 5.38. The molecule has 0 aliphatic heterocycles. The zero-order valence-electron chi connectivity index (χ0n) is 12.8. The lowest BCUT2D eigenvalue weighted by molar-refractivity contribution is 0.0950. The van der Waals surface area contributed by atoms with Crippen LogP contribution >= 0.6 is 0 Å². The van der Waals surface area contributed by atoms with Gasteiger partial charge in [-0.15, -0.1) is 0 Å². The molecule has 1 saturated carbocycles. The Hall–Kier alpha value is -1.55. The van der Waals surface area contributed by atoms with Crippen LogP contribution in [0.5, 0.6) is 5.75 Å². The Morgan fingerprint density at radius 1 is 1.33 bits per heavy atom. The average molecular weight is 290 g/mol. The van der Waals surface area contributed by atoms with E-state index >= 15 is 0 Å². The molecule has 116 valence electrons. The van der Waals surface area contributed by atoms with E-state index in [1.807, 2.05) is 12.1 Å². The van der Waals surface area contributed by atoms with Gasteiger partial charge in [0.25, 0.3) is 5.91 Å². The number of amides is 1. The molecule has 21 heavy (non-hydrogen) atoms. The number of nitrogens with one attached hydrogen (secondary N) is 1. The highest BCUT2D eigenvalue weighted by molar-refractivity contribution is 5.94. The van der Waals surface area contributed by atoms with Gasteiger partial charge in [0.2, 0.25) is 0 Å². The molecule has 1 aromatic rings. The Kier molecular flexibility index (Phi) is 6.05. The van der Waals surface area contributed by atoms with Crippen molar-refractivity contribution in [1.29, 1.82) is 0 Å². The van der Waals surface area contributed by atoms with Gasteiger partial charge in [0.1, 0.15) is 5.75 Å². The lowest BCUT2D eigenvalue weighted by Gasteiger charge is -2.12. The van der Waals surface area contributed by atoms with Crippen molar-refractivity contribution in [2.24, 2.45) is 11.7 Å². The molecule has 0 heterocycles. The van der Waals surface area contributed by atoms with Gasteiger partial charge in [-0.25, -0.2) is 0 Å². The summed E-state index contributed by atoms with van der Waals surface area (Å²) in [7, 11) is 0. The van der Waals surface area contributed by atoms with Crippen LogP contribution in [0.2, 0.25) is 0 Å². The van der Waals surface area contributed by atoms with Crippen LogP contribution in [0.15, 0.2) is 24.3 Å². The first kappa shape index (κ1) is 15.8. The minimum Gasteiger partial charge on any atom is -0.494 e. The van der Waals surface area contributed by atoms with Crippen molar-refractivity contribution < 1.29 is 9.53 Å². The summed E-state index contributed by atoms with van der Waals surface area (Å²) in [5.41, 5.74) is 6.63. The number of benzene rings is 1. The molecular formula is C17H26N2O2. The normalized spacial score (nSPS) is 15.5. The molecule has 4 heteroatoms. The van der Waals surface area contributed by atoms with E-state index in [4.69, 9.17) is 10.5 Å². The van der Waals surface area contributed by atoms with Crippen LogP contribution in [0.4, 0.5) is 0 Å². The summed E-state index contributed by atoms with van der Waals surface area (Å²) < 4.78 is 5.63. The van der Waals surface area contributed by atoms with Crippen LogP contribution in [0, 0.1) is 5.92 Å². The van der Waals surface area contributed by atoms with E-state index in [9.17, 15) is 4.79 Å². The first-order valence-electron chi connectivity index (χ1n) is 7.97. The van der Waals surface area contributed by atoms with Crippen molar-refractivity contribution in [3.8, 4) is 5.75 Å². The maximum atomic E-state index is 12.0. The minimum absolute atomic E-state index is 0.0661. The lowest BCUT2D eigenvalue weighted by atomic mass is 10.1. The molecule has 0 radical (unpaired) electrons. The number of ether oxygens (including phenoxy) is 1. The van der Waals surface area contributed by atoms with Crippen molar-refractivity contribution >= 4 is 5.91 Å². The zero-order chi connectivity index (χ0) is 15.1. The van der Waals surface area contributed by atoms with Gasteiger partial charge >= 0.3 is 0 Å². The second-order valence-electron chi connectivity index (χ2n) is 5.79. The molecule has 1 aromatic carbocycles. The van der Waals surface area contributed by atoms with Gasteiger partial charge in [0.05, 0.1) is 6.61 Å². The average Bonchev–Trinajstić information content (AvgIpc) is 3.34. The summed E-state index contributed by atoms with van der Waals surface area (Å²) in [5, 5.41) is 2.89. The maximum absolute atomic E-state index is 12.0. The maximum Gasteiger partial charge on any atom is 0.251 e. The first-order chi connectivity index (χ1) is 10.2. The molecule has 0 aromatic heterocycles. The lowest BCUT2D eigenvalue weighted by Crippen LogP contribution is -2.38. The van der Waals surface area contributed by atoms with Gasteiger partial charge in [-0.05, 0) is 49.4 Å². The largest absolute Gasteiger partial charge is 0.494 e. The zero-order valence-corrected chi connectivity index (χ0v) is 12.8. The molecule has 1 fully saturated rings. The van der Waals surface area contributed by atoms with Crippen molar-refractivity contribution in [3.05, 3.63) is 29.8 Å². The molecule has 1 atom stereocenters. The molecule has 3 N–H and O–H groups in total. The quantitative estimate of drug-likeness (QED) is 0.687. The first-order valence-corrected chi connectivity index (χ1v) is 7.97. The molecule has 1 aliphatic carbocycles. The highest BCUT2D eigenvalue weighted by Crippen LogP contribution is 2.31. The van der Waals surface area contributed by atoms with E-state index in [0.717, 1.165) is 18.8 Å². The fourth-order valence-electron chi connectivity index (χ4n) is 2.25. The van der Waals surface area contributed by atoms with Crippen LogP contribution in [0.1, 0.15) is 49.4 Å². The van der Waals surface area contributed by atoms with Crippen LogP contribution in [0.25, 0.3) is 0 Å². The Morgan fingerprint density at radius 3 is 2.67 bits per heavy atom. The van der Waals surface area contributed by atoms with Gasteiger partial charge in [-0.2, -0.15) is 0 Å². The summed E-state index contributed by atoms with van der Waals surface area (Å²) in [6.07, 6.45) is 5.83. The molecule has 0 spiro atoms. The highest BCUT2D eigenvalue weighted by atomic mass is 16.5. The van der Waals surface area contributed by atoms with E-state index in [2.05, 4.69) is 12.2 Å². The van der Waals surface area contributed by atoms with E-state index in [-0.39, 0.29) is 11.9 Å². The van der Waals surface area contributed by atoms with Crippen LogP contribution in [-0.2, 0) is 0 Å². The van der Waals surface area contributed by atoms with Crippen molar-refractivity contribution in [2.45, 2.75) is 45.1 Å². The van der Waals surface area contributed by atoms with Crippen molar-refractivity contribution in [3.63, 3.8) is 0 Å². The number of hydrogen-bond acceptors (Lipinski definition) is 3. The standard InChI is InChI=1S/C17H26N2O2/c1-2-3-4-11-21-15-9-7-14(8-10-15)17(20)19-12-16(18)13-5-6-13/h7-10,13,16H,2-6,11-12,18H2,1H3,(H,19,20). The summed E-state index contributed by atoms with van der Waals surface area (Å²) >= 11 is 0. The van der Waals surface area contributed by atoms with Gasteiger partial charge in [-0.3, -0.25) is 4.79 Å². The van der Waals surface area contributed by atoms with Crippen molar-refractivity contribution in [1.82, 2.24) is 5.32 Å². The number of nitrogens with two attached hydrogens (primary N) is 1. The number of rotatable bonds is 9. The fraction of sp³-hybridized carbons (Fsp3) is 0.588. The predicted molar refractivity (Wildman–Crippen MR) is 84.5 cm³/mol. The van der Waals surface area contributed by atoms with Crippen LogP contribution < -0.4 is 15.8 Å². The minimum atomic E-state index is -0.0661. The SMILES string of the molecule is CCCCCOc1ccc(C(=O)NCC(N)C2CC2)cc1. The fourth-order valence-corrected chi connectivity index (χ4v) is 2.25. The third-order valence-corrected chi connectivity index (χ3v) is 3.86. The molecule has 1 unspecified atom stereocenters. The topological polar surface area (TPSA) is 64.3 Å². The smallest absolute Gasteiger partial charge is 0.251 e. The summed E-state index contributed by atoms with van der Waals surface area (Å²) in [6.45, 7) is 3.46. The highest BCUT2D eigenvalue weighted by Gasteiger charge is 2.28. The molecule has 0 saturated heterocycles. The second-order valence-corrected chi connectivity index (χ2v) is 5.79. The predicted octanol–water partition coefficient (Wildman–Crippen LogP) is 2.72. The van der Waals surface area contributed by atoms with Gasteiger partial charge < -0.3 is 15.8 Å². The number of unbranched alkanes of at least 4 members (excludes halogenated alkanes) is 2. The van der Waals surface area contributed by atoms with Crippen LogP contribution in [-0.4, -0.2) is 25.1 Å². The third-order valence-electron chi connectivity index (χ3n) is 3.86. The van der Waals surface area contributed by atoms with E-state index in [0.29, 0.717) is 18.0 Å². The molecule has 4 nitrogen and oxygen atoms in total. The summed E-state index contributed by atoms with van der Waals surface area (Å²) in [5.74, 6) is 1.35.